The molecule has 1 heteroatoms. The second-order valence-electron chi connectivity index (χ2n) is 9.98. The van der Waals surface area contributed by atoms with E-state index in [0.717, 1.165) is 0 Å². The molecule has 176 valence electrons. The van der Waals surface area contributed by atoms with Crippen molar-refractivity contribution in [2.45, 2.75) is 180 Å². The molecule has 0 aliphatic carbocycles. The summed E-state index contributed by atoms with van der Waals surface area (Å²) in [5, 5.41) is 0. The molecule has 0 aromatic rings. The van der Waals surface area contributed by atoms with E-state index >= 15 is 0 Å². The van der Waals surface area contributed by atoms with Gasteiger partial charge < -0.3 is 5.73 Å². The summed E-state index contributed by atoms with van der Waals surface area (Å²) in [7, 11) is 0. The maximum Gasteiger partial charge on any atom is 0.0154 e. The van der Waals surface area contributed by atoms with E-state index < -0.39 is 0 Å². The van der Waals surface area contributed by atoms with Crippen LogP contribution in [0.2, 0.25) is 0 Å². The molecule has 0 radical (unpaired) electrons. The highest BCUT2D eigenvalue weighted by molar-refractivity contribution is 4.83. The van der Waals surface area contributed by atoms with Crippen molar-refractivity contribution in [3.8, 4) is 0 Å². The van der Waals surface area contributed by atoms with Crippen molar-refractivity contribution in [3.63, 3.8) is 0 Å². The highest BCUT2D eigenvalue weighted by Gasteiger charge is 2.23. The average Bonchev–Trinajstić information content (AvgIpc) is 2.72. The van der Waals surface area contributed by atoms with E-state index in [1.54, 1.807) is 0 Å². The van der Waals surface area contributed by atoms with Crippen LogP contribution in [0.4, 0.5) is 0 Å². The van der Waals surface area contributed by atoms with Gasteiger partial charge in [0.05, 0.1) is 0 Å². The molecule has 0 spiro atoms. The quantitative estimate of drug-likeness (QED) is 0.158. The minimum absolute atomic E-state index is 0.136. The number of hydrogen-bond acceptors (Lipinski definition) is 1. The van der Waals surface area contributed by atoms with Gasteiger partial charge in [0.15, 0.2) is 0 Å². The molecule has 1 nitrogen and oxygen atoms in total. The topological polar surface area (TPSA) is 26.0 Å². The van der Waals surface area contributed by atoms with Gasteiger partial charge in [0, 0.05) is 5.54 Å². The zero-order valence-electron chi connectivity index (χ0n) is 21.0. The van der Waals surface area contributed by atoms with E-state index in [-0.39, 0.29) is 5.54 Å². The molecule has 0 heterocycles. The third-order valence-corrected chi connectivity index (χ3v) is 6.83. The summed E-state index contributed by atoms with van der Waals surface area (Å²) in [6.07, 6.45) is 33.3. The molecule has 0 bridgehead atoms. The summed E-state index contributed by atoms with van der Waals surface area (Å²) < 4.78 is 0. The van der Waals surface area contributed by atoms with Crippen LogP contribution in [0.25, 0.3) is 0 Å². The Morgan fingerprint density at radius 2 is 0.586 bits per heavy atom. The average molecular weight is 410 g/mol. The Kier molecular flexibility index (Phi) is 22.6. The van der Waals surface area contributed by atoms with E-state index in [1.165, 1.54) is 154 Å². The van der Waals surface area contributed by atoms with Crippen molar-refractivity contribution in [2.75, 3.05) is 0 Å². The fourth-order valence-corrected chi connectivity index (χ4v) is 4.66. The molecule has 29 heavy (non-hydrogen) atoms. The van der Waals surface area contributed by atoms with Gasteiger partial charge in [-0.3, -0.25) is 0 Å². The van der Waals surface area contributed by atoms with Gasteiger partial charge >= 0.3 is 0 Å². The smallest absolute Gasteiger partial charge is 0.0154 e. The predicted octanol–water partition coefficient (Wildman–Crippen LogP) is 10.1. The van der Waals surface area contributed by atoms with Crippen LogP contribution in [0.15, 0.2) is 0 Å². The molecule has 1 atom stereocenters. The lowest BCUT2D eigenvalue weighted by Gasteiger charge is -2.30. The molecular weight excluding hydrogens is 350 g/mol. The Morgan fingerprint density at radius 1 is 0.345 bits per heavy atom. The Hall–Kier alpha value is -0.0400. The minimum atomic E-state index is 0.136. The molecule has 1 unspecified atom stereocenters. The molecule has 0 saturated carbocycles. The minimum Gasteiger partial charge on any atom is -0.325 e. The first-order chi connectivity index (χ1) is 14.2. The highest BCUT2D eigenvalue weighted by atomic mass is 14.7. The molecule has 0 fully saturated rings. The third-order valence-electron chi connectivity index (χ3n) is 6.83. The fourth-order valence-electron chi connectivity index (χ4n) is 4.66. The molecule has 0 aliphatic heterocycles. The number of unbranched alkanes of at least 4 members (excludes halogenated alkanes) is 18. The summed E-state index contributed by atoms with van der Waals surface area (Å²) in [6, 6.07) is 0. The van der Waals surface area contributed by atoms with Crippen LogP contribution in [0.3, 0.4) is 0 Å². The van der Waals surface area contributed by atoms with Gasteiger partial charge in [0.25, 0.3) is 0 Å². The number of nitrogens with two attached hydrogens (primary N) is 1. The molecular formula is C28H59N. The normalized spacial score (nSPS) is 13.7. The van der Waals surface area contributed by atoms with Crippen molar-refractivity contribution in [2.24, 2.45) is 5.73 Å². The van der Waals surface area contributed by atoms with Crippen molar-refractivity contribution in [1.29, 1.82) is 0 Å². The van der Waals surface area contributed by atoms with E-state index in [1.807, 2.05) is 0 Å². The molecule has 0 rings (SSSR count). The van der Waals surface area contributed by atoms with Gasteiger partial charge in [-0.25, -0.2) is 0 Å². The molecule has 0 aromatic heterocycles. The van der Waals surface area contributed by atoms with Crippen LogP contribution in [0, 0.1) is 0 Å². The summed E-state index contributed by atoms with van der Waals surface area (Å²) in [5.74, 6) is 0. The first-order valence-corrected chi connectivity index (χ1v) is 14.0. The molecule has 0 amide bonds. The maximum atomic E-state index is 6.89. The predicted molar refractivity (Wildman–Crippen MR) is 135 cm³/mol. The molecule has 0 saturated heterocycles. The first kappa shape index (κ1) is 29.0. The Balaban J connectivity index is 3.73. The fraction of sp³-hybridized carbons (Fsp3) is 1.00. The van der Waals surface area contributed by atoms with Crippen molar-refractivity contribution in [3.05, 3.63) is 0 Å². The van der Waals surface area contributed by atoms with Crippen LogP contribution < -0.4 is 5.73 Å². The van der Waals surface area contributed by atoms with Gasteiger partial charge in [-0.15, -0.1) is 0 Å². The zero-order valence-corrected chi connectivity index (χ0v) is 21.0. The summed E-state index contributed by atoms with van der Waals surface area (Å²) >= 11 is 0. The van der Waals surface area contributed by atoms with Crippen LogP contribution >= 0.6 is 0 Å². The van der Waals surface area contributed by atoms with Gasteiger partial charge in [-0.1, -0.05) is 156 Å². The second-order valence-corrected chi connectivity index (χ2v) is 9.98. The number of rotatable bonds is 24. The lowest BCUT2D eigenvalue weighted by atomic mass is 9.83. The second kappa shape index (κ2) is 22.6. The van der Waals surface area contributed by atoms with Crippen molar-refractivity contribution in [1.82, 2.24) is 0 Å². The Labute approximate surface area is 186 Å². The lowest BCUT2D eigenvalue weighted by molar-refractivity contribution is 0.305. The van der Waals surface area contributed by atoms with Crippen molar-refractivity contribution < 1.29 is 0 Å². The van der Waals surface area contributed by atoms with Crippen molar-refractivity contribution >= 4 is 0 Å². The molecule has 2 N–H and O–H groups in total. The van der Waals surface area contributed by atoms with Crippen LogP contribution in [0.5, 0.6) is 0 Å². The van der Waals surface area contributed by atoms with Gasteiger partial charge in [-0.2, -0.15) is 0 Å². The first-order valence-electron chi connectivity index (χ1n) is 14.0. The Bertz CT molecular complexity index is 301. The molecule has 0 aliphatic rings. The largest absolute Gasteiger partial charge is 0.325 e. The highest BCUT2D eigenvalue weighted by Crippen LogP contribution is 2.26. The summed E-state index contributed by atoms with van der Waals surface area (Å²) in [4.78, 5) is 0. The van der Waals surface area contributed by atoms with E-state index in [0.29, 0.717) is 0 Å². The zero-order chi connectivity index (χ0) is 21.5. The van der Waals surface area contributed by atoms with Crippen LogP contribution in [-0.4, -0.2) is 5.54 Å². The van der Waals surface area contributed by atoms with Gasteiger partial charge in [0.2, 0.25) is 0 Å². The van der Waals surface area contributed by atoms with E-state index in [2.05, 4.69) is 20.8 Å². The molecule has 0 aromatic carbocycles. The SMILES string of the molecule is CCCCCCCCCCCCC(N)(CCCC)CCCCCCCCCCC. The van der Waals surface area contributed by atoms with Crippen LogP contribution in [0.1, 0.15) is 175 Å². The number of hydrogen-bond donors (Lipinski definition) is 1. The summed E-state index contributed by atoms with van der Waals surface area (Å²) in [5.41, 5.74) is 7.02. The Morgan fingerprint density at radius 3 is 0.897 bits per heavy atom. The van der Waals surface area contributed by atoms with Gasteiger partial charge in [-0.05, 0) is 19.3 Å². The van der Waals surface area contributed by atoms with E-state index in [9.17, 15) is 0 Å². The van der Waals surface area contributed by atoms with Gasteiger partial charge in [0.1, 0.15) is 0 Å². The maximum absolute atomic E-state index is 6.89. The lowest BCUT2D eigenvalue weighted by Crippen LogP contribution is -2.39. The summed E-state index contributed by atoms with van der Waals surface area (Å²) in [6.45, 7) is 6.90. The van der Waals surface area contributed by atoms with E-state index in [4.69, 9.17) is 5.73 Å². The standard InChI is InChI=1S/C28H59N/c1-4-7-10-12-14-16-18-20-22-24-27-28(29,25-9-6-3)26-23-21-19-17-15-13-11-8-5-2/h4-27,29H2,1-3H3. The third kappa shape index (κ3) is 21.0. The van der Waals surface area contributed by atoms with Crippen LogP contribution in [-0.2, 0) is 0 Å². The monoisotopic (exact) mass is 409 g/mol.